The number of benzene rings is 4. The molecule has 1 atom stereocenters. The Labute approximate surface area is 247 Å². The van der Waals surface area contributed by atoms with Gasteiger partial charge >= 0.3 is 0 Å². The minimum Gasteiger partial charge on any atom is -0.507 e. The Morgan fingerprint density at radius 2 is 1.49 bits per heavy atom. The smallest absolute Gasteiger partial charge is 0.259 e. The number of nitrogens with one attached hydrogen (secondary N) is 1. The number of carbonyl (C=O) groups is 1. The van der Waals surface area contributed by atoms with Crippen molar-refractivity contribution >= 4 is 23.2 Å². The van der Waals surface area contributed by atoms with Gasteiger partial charge in [-0.1, -0.05) is 66.2 Å². The maximum atomic E-state index is 13.1. The molecule has 1 heterocycles. The van der Waals surface area contributed by atoms with Crippen molar-refractivity contribution in [2.45, 2.75) is 19.9 Å². The number of aromatic hydroxyl groups is 1. The van der Waals surface area contributed by atoms with E-state index < -0.39 is 0 Å². The lowest BCUT2D eigenvalue weighted by atomic mass is 9.96. The lowest BCUT2D eigenvalue weighted by Gasteiger charge is -2.39. The molecule has 7 heteroatoms. The summed E-state index contributed by atoms with van der Waals surface area (Å²) in [6.45, 7) is 8.63. The number of nitrogens with zero attached hydrogens (tertiary/aromatic N) is 2. The molecule has 4 aromatic carbocycles. The standard InChI is InChI=1S/C34H36ClN3O3/c1-24-22-29(23-25(2)33(24)39)36-34(40)30-10-6-7-11-31(30)41-21-20-37-16-18-38(19-17-37)32(26-8-4-3-5-9-26)27-12-14-28(35)15-13-27/h3-15,22-23,32,39H,16-21H2,1-2H3,(H,36,40). The molecule has 2 N–H and O–H groups in total. The average Bonchev–Trinajstić information content (AvgIpc) is 2.98. The first-order chi connectivity index (χ1) is 19.9. The molecular weight excluding hydrogens is 534 g/mol. The molecule has 1 saturated heterocycles. The van der Waals surface area contributed by atoms with Gasteiger partial charge in [-0.15, -0.1) is 0 Å². The van der Waals surface area contributed by atoms with Gasteiger partial charge in [0.1, 0.15) is 18.1 Å². The maximum absolute atomic E-state index is 13.1. The van der Waals surface area contributed by atoms with Crippen molar-refractivity contribution in [3.8, 4) is 11.5 Å². The molecular formula is C34H36ClN3O3. The first kappa shape index (κ1) is 28.7. The molecule has 1 amide bonds. The summed E-state index contributed by atoms with van der Waals surface area (Å²) in [5, 5.41) is 13.7. The van der Waals surface area contributed by atoms with E-state index in [-0.39, 0.29) is 17.7 Å². The van der Waals surface area contributed by atoms with Crippen LogP contribution in [0.25, 0.3) is 0 Å². The fraction of sp³-hybridized carbons (Fsp3) is 0.265. The van der Waals surface area contributed by atoms with Crippen molar-refractivity contribution in [1.82, 2.24) is 9.80 Å². The number of rotatable bonds is 9. The highest BCUT2D eigenvalue weighted by molar-refractivity contribution is 6.30. The summed E-state index contributed by atoms with van der Waals surface area (Å²) >= 11 is 6.18. The Morgan fingerprint density at radius 3 is 2.17 bits per heavy atom. The highest BCUT2D eigenvalue weighted by Crippen LogP contribution is 2.31. The van der Waals surface area contributed by atoms with E-state index in [1.165, 1.54) is 11.1 Å². The summed E-state index contributed by atoms with van der Waals surface area (Å²) in [5.74, 6) is 0.559. The Morgan fingerprint density at radius 1 is 0.878 bits per heavy atom. The Kier molecular flexibility index (Phi) is 9.24. The first-order valence-corrected chi connectivity index (χ1v) is 14.4. The topological polar surface area (TPSA) is 65.0 Å². The number of aryl methyl sites for hydroxylation is 2. The zero-order chi connectivity index (χ0) is 28.8. The van der Waals surface area contributed by atoms with Crippen LogP contribution in [0.5, 0.6) is 11.5 Å². The van der Waals surface area contributed by atoms with E-state index in [4.69, 9.17) is 16.3 Å². The molecule has 1 aliphatic rings. The minimum absolute atomic E-state index is 0.179. The van der Waals surface area contributed by atoms with Gasteiger partial charge in [-0.3, -0.25) is 14.6 Å². The van der Waals surface area contributed by atoms with E-state index >= 15 is 0 Å². The summed E-state index contributed by atoms with van der Waals surface area (Å²) < 4.78 is 6.12. The molecule has 0 radical (unpaired) electrons. The second kappa shape index (κ2) is 13.2. The largest absolute Gasteiger partial charge is 0.507 e. The Balaban J connectivity index is 1.17. The number of piperazine rings is 1. The normalized spacial score (nSPS) is 14.9. The van der Waals surface area contributed by atoms with E-state index in [0.717, 1.165) is 37.7 Å². The predicted molar refractivity (Wildman–Crippen MR) is 165 cm³/mol. The van der Waals surface area contributed by atoms with E-state index in [9.17, 15) is 9.90 Å². The van der Waals surface area contributed by atoms with Crippen molar-refractivity contribution in [3.63, 3.8) is 0 Å². The molecule has 1 fully saturated rings. The summed E-state index contributed by atoms with van der Waals surface area (Å²) in [6.07, 6.45) is 0. The second-order valence-electron chi connectivity index (χ2n) is 10.5. The zero-order valence-electron chi connectivity index (χ0n) is 23.5. The number of phenolic OH excluding ortho intramolecular Hbond substituents is 1. The van der Waals surface area contributed by atoms with Gasteiger partial charge in [0, 0.05) is 43.4 Å². The van der Waals surface area contributed by atoms with Crippen LogP contribution in [0.4, 0.5) is 5.69 Å². The van der Waals surface area contributed by atoms with Crippen molar-refractivity contribution in [2.24, 2.45) is 0 Å². The number of hydrogen-bond acceptors (Lipinski definition) is 5. The first-order valence-electron chi connectivity index (χ1n) is 14.0. The number of halogens is 1. The zero-order valence-corrected chi connectivity index (χ0v) is 24.3. The molecule has 0 aromatic heterocycles. The number of phenols is 1. The molecule has 41 heavy (non-hydrogen) atoms. The van der Waals surface area contributed by atoms with Crippen molar-refractivity contribution in [2.75, 3.05) is 44.6 Å². The quantitative estimate of drug-likeness (QED) is 0.220. The molecule has 6 nitrogen and oxygen atoms in total. The predicted octanol–water partition coefficient (Wildman–Crippen LogP) is 6.70. The molecule has 1 aliphatic heterocycles. The highest BCUT2D eigenvalue weighted by atomic mass is 35.5. The highest BCUT2D eigenvalue weighted by Gasteiger charge is 2.26. The van der Waals surface area contributed by atoms with Crippen LogP contribution in [0.3, 0.4) is 0 Å². The van der Waals surface area contributed by atoms with E-state index in [1.54, 1.807) is 18.2 Å². The van der Waals surface area contributed by atoms with Gasteiger partial charge in [-0.2, -0.15) is 0 Å². The second-order valence-corrected chi connectivity index (χ2v) is 10.9. The van der Waals surface area contributed by atoms with Gasteiger partial charge < -0.3 is 15.2 Å². The molecule has 4 aromatic rings. The number of anilines is 1. The summed E-state index contributed by atoms with van der Waals surface area (Å²) in [5.41, 5.74) is 5.07. The molecule has 0 aliphatic carbocycles. The van der Waals surface area contributed by atoms with E-state index in [1.807, 2.05) is 44.2 Å². The Bertz CT molecular complexity index is 1450. The molecule has 0 spiro atoms. The Hall–Kier alpha value is -3.84. The van der Waals surface area contributed by atoms with Crippen LogP contribution in [0.1, 0.15) is 38.7 Å². The summed E-state index contributed by atoms with van der Waals surface area (Å²) in [4.78, 5) is 18.0. The van der Waals surface area contributed by atoms with Crippen LogP contribution in [-0.2, 0) is 0 Å². The van der Waals surface area contributed by atoms with Gasteiger partial charge in [-0.25, -0.2) is 0 Å². The fourth-order valence-electron chi connectivity index (χ4n) is 5.43. The number of amides is 1. The number of carbonyl (C=O) groups excluding carboxylic acids is 1. The van der Waals surface area contributed by atoms with Crippen LogP contribution in [0.2, 0.25) is 5.02 Å². The van der Waals surface area contributed by atoms with Crippen LogP contribution < -0.4 is 10.1 Å². The summed E-state index contributed by atoms with van der Waals surface area (Å²) in [6, 6.07) is 29.8. The molecule has 0 bridgehead atoms. The third-order valence-electron chi connectivity index (χ3n) is 7.62. The lowest BCUT2D eigenvalue weighted by molar-refractivity contribution is 0.0964. The fourth-order valence-corrected chi connectivity index (χ4v) is 5.56. The SMILES string of the molecule is Cc1cc(NC(=O)c2ccccc2OCCN2CCN(C(c3ccccc3)c3ccc(Cl)cc3)CC2)cc(C)c1O. The lowest BCUT2D eigenvalue weighted by Crippen LogP contribution is -2.48. The van der Waals surface area contributed by atoms with Gasteiger partial charge in [0.15, 0.2) is 0 Å². The molecule has 212 valence electrons. The van der Waals surface area contributed by atoms with E-state index in [2.05, 4.69) is 57.6 Å². The number of ether oxygens (including phenoxy) is 1. The van der Waals surface area contributed by atoms with Crippen molar-refractivity contribution in [3.05, 3.63) is 124 Å². The van der Waals surface area contributed by atoms with Crippen LogP contribution >= 0.6 is 11.6 Å². The van der Waals surface area contributed by atoms with Gasteiger partial charge in [0.05, 0.1) is 11.6 Å². The van der Waals surface area contributed by atoms with Crippen molar-refractivity contribution in [1.29, 1.82) is 0 Å². The van der Waals surface area contributed by atoms with Gasteiger partial charge in [0.2, 0.25) is 0 Å². The minimum atomic E-state index is -0.243. The maximum Gasteiger partial charge on any atom is 0.259 e. The monoisotopic (exact) mass is 569 g/mol. The number of hydrogen-bond donors (Lipinski definition) is 2. The molecule has 0 saturated carbocycles. The third kappa shape index (κ3) is 7.09. The van der Waals surface area contributed by atoms with Gasteiger partial charge in [-0.05, 0) is 72.5 Å². The molecule has 5 rings (SSSR count). The van der Waals surface area contributed by atoms with Crippen molar-refractivity contribution < 1.29 is 14.6 Å². The molecule has 1 unspecified atom stereocenters. The number of para-hydroxylation sites is 1. The van der Waals surface area contributed by atoms with Crippen LogP contribution in [-0.4, -0.2) is 60.1 Å². The van der Waals surface area contributed by atoms with Crippen LogP contribution in [0.15, 0.2) is 91.0 Å². The summed E-state index contributed by atoms with van der Waals surface area (Å²) in [7, 11) is 0. The average molecular weight is 570 g/mol. The van der Waals surface area contributed by atoms with Crippen LogP contribution in [0, 0.1) is 13.8 Å². The third-order valence-corrected chi connectivity index (χ3v) is 7.87. The van der Waals surface area contributed by atoms with E-state index in [0.29, 0.717) is 34.7 Å². The van der Waals surface area contributed by atoms with Gasteiger partial charge in [0.25, 0.3) is 5.91 Å².